The van der Waals surface area contributed by atoms with Crippen molar-refractivity contribution in [3.8, 4) is 11.3 Å². The molecule has 1 atom stereocenters. The number of aryl methyl sites for hydroxylation is 1. The predicted molar refractivity (Wildman–Crippen MR) is 105 cm³/mol. The minimum absolute atomic E-state index is 0.173. The second-order valence-electron chi connectivity index (χ2n) is 6.57. The van der Waals surface area contributed by atoms with Crippen LogP contribution in [0.5, 0.6) is 0 Å². The smallest absolute Gasteiger partial charge is 0.305 e. The van der Waals surface area contributed by atoms with Gasteiger partial charge >= 0.3 is 5.97 Å². The first kappa shape index (κ1) is 18.6. The Bertz CT molecular complexity index is 920. The molecule has 0 saturated carbocycles. The van der Waals surface area contributed by atoms with Gasteiger partial charge in [0.05, 0.1) is 25.4 Å². The molecular weight excluding hydrogens is 340 g/mol. The van der Waals surface area contributed by atoms with Crippen molar-refractivity contribution in [1.29, 1.82) is 0 Å². The van der Waals surface area contributed by atoms with Gasteiger partial charge in [-0.25, -0.2) is 4.98 Å². The average molecular weight is 364 g/mol. The average Bonchev–Trinajstić information content (AvgIpc) is 3.17. The van der Waals surface area contributed by atoms with Crippen molar-refractivity contribution < 1.29 is 9.53 Å². The maximum absolute atomic E-state index is 11.3. The molecule has 3 N–H and O–H groups in total. The fraction of sp³-hybridized carbons (Fsp3) is 0.286. The molecule has 0 amide bonds. The van der Waals surface area contributed by atoms with Crippen molar-refractivity contribution >= 4 is 11.7 Å². The highest BCUT2D eigenvalue weighted by Gasteiger charge is 2.14. The molecule has 0 aliphatic rings. The fourth-order valence-electron chi connectivity index (χ4n) is 2.99. The first-order valence-electron chi connectivity index (χ1n) is 8.98. The zero-order chi connectivity index (χ0) is 19.2. The number of carbonyl (C=O) groups excluding carboxylic acids is 1. The number of rotatable bonds is 7. The van der Waals surface area contributed by atoms with Crippen LogP contribution in [0, 0.1) is 0 Å². The molecule has 1 unspecified atom stereocenters. The monoisotopic (exact) mass is 364 g/mol. The van der Waals surface area contributed by atoms with E-state index in [0.717, 1.165) is 40.6 Å². The number of benzene rings is 1. The number of anilines is 1. The molecule has 0 radical (unpaired) electrons. The summed E-state index contributed by atoms with van der Waals surface area (Å²) in [5, 5.41) is 0. The van der Waals surface area contributed by atoms with Crippen LogP contribution in [-0.4, -0.2) is 28.0 Å². The lowest BCUT2D eigenvalue weighted by molar-refractivity contribution is -0.140. The molecule has 0 bridgehead atoms. The van der Waals surface area contributed by atoms with Crippen LogP contribution in [0.2, 0.25) is 0 Å². The molecule has 0 fully saturated rings. The number of esters is 1. The number of carbonyl (C=O) groups is 1. The molecule has 1 aromatic carbocycles. The third-order valence-corrected chi connectivity index (χ3v) is 4.51. The van der Waals surface area contributed by atoms with Gasteiger partial charge in [0.25, 0.3) is 0 Å². The molecule has 6 heteroatoms. The maximum Gasteiger partial charge on any atom is 0.305 e. The molecule has 3 rings (SSSR count). The highest BCUT2D eigenvalue weighted by Crippen LogP contribution is 2.26. The summed E-state index contributed by atoms with van der Waals surface area (Å²) in [4.78, 5) is 23.9. The van der Waals surface area contributed by atoms with Gasteiger partial charge in [-0.2, -0.15) is 0 Å². The van der Waals surface area contributed by atoms with Crippen LogP contribution >= 0.6 is 0 Å². The fourth-order valence-corrected chi connectivity index (χ4v) is 2.99. The van der Waals surface area contributed by atoms with E-state index in [1.165, 1.54) is 7.11 Å². The molecule has 3 aromatic rings. The van der Waals surface area contributed by atoms with Crippen LogP contribution in [-0.2, 0) is 22.4 Å². The van der Waals surface area contributed by atoms with E-state index in [1.54, 1.807) is 0 Å². The molecule has 0 spiro atoms. The largest absolute Gasteiger partial charge is 0.469 e. The van der Waals surface area contributed by atoms with Crippen molar-refractivity contribution in [2.24, 2.45) is 0 Å². The van der Waals surface area contributed by atoms with E-state index in [-0.39, 0.29) is 11.9 Å². The summed E-state index contributed by atoms with van der Waals surface area (Å²) in [5.74, 6) is 0.848. The molecular formula is C21H24N4O2. The highest BCUT2D eigenvalue weighted by atomic mass is 16.5. The summed E-state index contributed by atoms with van der Waals surface area (Å²) >= 11 is 0. The topological polar surface area (TPSA) is 93.9 Å². The van der Waals surface area contributed by atoms with Crippen LogP contribution in [0.4, 0.5) is 5.69 Å². The van der Waals surface area contributed by atoms with Crippen LogP contribution in [0.1, 0.15) is 36.5 Å². The molecule has 140 valence electrons. The summed E-state index contributed by atoms with van der Waals surface area (Å²) in [6, 6.07) is 13.6. The van der Waals surface area contributed by atoms with E-state index >= 15 is 0 Å². The minimum atomic E-state index is -0.223. The number of aromatic nitrogens is 3. The maximum atomic E-state index is 11.3. The van der Waals surface area contributed by atoms with E-state index in [4.69, 9.17) is 5.73 Å². The van der Waals surface area contributed by atoms with E-state index in [9.17, 15) is 4.79 Å². The Morgan fingerprint density at radius 2 is 1.96 bits per heavy atom. The zero-order valence-corrected chi connectivity index (χ0v) is 15.6. The van der Waals surface area contributed by atoms with E-state index < -0.39 is 0 Å². The van der Waals surface area contributed by atoms with E-state index in [0.29, 0.717) is 12.8 Å². The van der Waals surface area contributed by atoms with Gasteiger partial charge in [-0.15, -0.1) is 0 Å². The lowest BCUT2D eigenvalue weighted by Gasteiger charge is -2.10. The number of aromatic amines is 1. The van der Waals surface area contributed by atoms with Crippen molar-refractivity contribution in [2.75, 3.05) is 12.8 Å². The van der Waals surface area contributed by atoms with Crippen LogP contribution in [0.3, 0.4) is 0 Å². The van der Waals surface area contributed by atoms with Gasteiger partial charge in [0.1, 0.15) is 5.82 Å². The van der Waals surface area contributed by atoms with Gasteiger partial charge in [0, 0.05) is 35.0 Å². The van der Waals surface area contributed by atoms with E-state index in [2.05, 4.69) is 26.6 Å². The van der Waals surface area contributed by atoms with Gasteiger partial charge in [0.15, 0.2) is 0 Å². The lowest BCUT2D eigenvalue weighted by atomic mass is 10.0. The third kappa shape index (κ3) is 4.73. The van der Waals surface area contributed by atoms with Gasteiger partial charge in [0.2, 0.25) is 0 Å². The van der Waals surface area contributed by atoms with Crippen molar-refractivity contribution in [3.05, 3.63) is 65.9 Å². The molecule has 0 aliphatic carbocycles. The number of para-hydroxylation sites is 1. The van der Waals surface area contributed by atoms with Crippen molar-refractivity contribution in [2.45, 2.75) is 32.1 Å². The minimum Gasteiger partial charge on any atom is -0.469 e. The standard InChI is InChI=1S/C21H24N4O2/c1-14(12-16-7-5-6-15(24-16)10-11-20(26)27-2)21-23-13-19(25-21)17-8-3-4-9-18(17)22/h3-9,13-14H,10-12,22H2,1-2H3,(H,23,25). The molecule has 0 saturated heterocycles. The van der Waals surface area contributed by atoms with Gasteiger partial charge < -0.3 is 15.5 Å². The Morgan fingerprint density at radius 3 is 2.74 bits per heavy atom. The third-order valence-electron chi connectivity index (χ3n) is 4.51. The first-order valence-corrected chi connectivity index (χ1v) is 8.98. The number of hydrogen-bond acceptors (Lipinski definition) is 5. The Balaban J connectivity index is 1.68. The SMILES string of the molecule is COC(=O)CCc1cccc(CC(C)c2ncc(-c3ccccc3N)[nH]2)n1. The number of nitrogens with one attached hydrogen (secondary N) is 1. The number of pyridine rings is 1. The molecule has 6 nitrogen and oxygen atoms in total. The quantitative estimate of drug-likeness (QED) is 0.494. The Morgan fingerprint density at radius 1 is 1.19 bits per heavy atom. The summed E-state index contributed by atoms with van der Waals surface area (Å²) in [5.41, 5.74) is 10.5. The van der Waals surface area contributed by atoms with Crippen molar-refractivity contribution in [1.82, 2.24) is 15.0 Å². The van der Waals surface area contributed by atoms with Crippen molar-refractivity contribution in [3.63, 3.8) is 0 Å². The van der Waals surface area contributed by atoms with Crippen LogP contribution in [0.25, 0.3) is 11.3 Å². The first-order chi connectivity index (χ1) is 13.1. The Hall–Kier alpha value is -3.15. The Labute approximate surface area is 158 Å². The zero-order valence-electron chi connectivity index (χ0n) is 15.6. The normalized spacial score (nSPS) is 11.9. The number of ether oxygens (including phenoxy) is 1. The summed E-state index contributed by atoms with van der Waals surface area (Å²) in [7, 11) is 1.40. The number of nitrogen functional groups attached to an aromatic ring is 1. The number of methoxy groups -OCH3 is 1. The van der Waals surface area contributed by atoms with Crippen LogP contribution in [0.15, 0.2) is 48.7 Å². The van der Waals surface area contributed by atoms with Gasteiger partial charge in [-0.05, 0) is 24.6 Å². The summed E-state index contributed by atoms with van der Waals surface area (Å²) in [6.07, 6.45) is 3.48. The predicted octanol–water partition coefficient (Wildman–Crippen LogP) is 3.51. The summed E-state index contributed by atoms with van der Waals surface area (Å²) < 4.78 is 4.68. The number of hydrogen-bond donors (Lipinski definition) is 2. The number of nitrogens with two attached hydrogens (primary N) is 1. The molecule has 2 heterocycles. The highest BCUT2D eigenvalue weighted by molar-refractivity contribution is 5.73. The van der Waals surface area contributed by atoms with Crippen LogP contribution < -0.4 is 5.73 Å². The second-order valence-corrected chi connectivity index (χ2v) is 6.57. The molecule has 27 heavy (non-hydrogen) atoms. The molecule has 0 aliphatic heterocycles. The van der Waals surface area contributed by atoms with Gasteiger partial charge in [-0.1, -0.05) is 31.2 Å². The summed E-state index contributed by atoms with van der Waals surface area (Å²) in [6.45, 7) is 2.11. The second kappa shape index (κ2) is 8.49. The number of imidazole rings is 1. The lowest BCUT2D eigenvalue weighted by Crippen LogP contribution is -2.06. The number of nitrogens with zero attached hydrogens (tertiary/aromatic N) is 2. The van der Waals surface area contributed by atoms with E-state index in [1.807, 2.05) is 48.7 Å². The molecule has 2 aromatic heterocycles. The Kier molecular flexibility index (Phi) is 5.86. The number of H-pyrrole nitrogens is 1. The van der Waals surface area contributed by atoms with Gasteiger partial charge in [-0.3, -0.25) is 9.78 Å².